The van der Waals surface area contributed by atoms with E-state index in [2.05, 4.69) is 20.4 Å². The van der Waals surface area contributed by atoms with Crippen molar-refractivity contribution in [3.63, 3.8) is 0 Å². The molecule has 0 unspecified atom stereocenters. The Morgan fingerprint density at radius 3 is 2.36 bits per heavy atom. The number of hydrogen-bond acceptors (Lipinski definition) is 5. The Bertz CT molecular complexity index is 1290. The van der Waals surface area contributed by atoms with Crippen LogP contribution in [0.4, 0.5) is 11.5 Å². The zero-order chi connectivity index (χ0) is 21.8. The molecule has 0 aliphatic carbocycles. The summed E-state index contributed by atoms with van der Waals surface area (Å²) in [5, 5.41) is 23.7. The van der Waals surface area contributed by atoms with Gasteiger partial charge in [0.15, 0.2) is 11.5 Å². The molecular formula is C25H24Cl2N4O2. The molecule has 0 fully saturated rings. The Balaban J connectivity index is 0.00000193. The maximum absolute atomic E-state index is 9.28. The van der Waals surface area contributed by atoms with Crippen LogP contribution in [0.2, 0.25) is 5.02 Å². The second-order valence-corrected chi connectivity index (χ2v) is 7.32. The van der Waals surface area contributed by atoms with Crippen LogP contribution in [0.3, 0.4) is 0 Å². The third-order valence-corrected chi connectivity index (χ3v) is 5.27. The highest BCUT2D eigenvalue weighted by Crippen LogP contribution is 2.33. The molecule has 0 radical (unpaired) electrons. The van der Waals surface area contributed by atoms with Gasteiger partial charge in [0.1, 0.15) is 11.4 Å². The number of halogens is 2. The molecular weight excluding hydrogens is 459 g/mol. The van der Waals surface area contributed by atoms with Gasteiger partial charge in [0.05, 0.1) is 25.3 Å². The van der Waals surface area contributed by atoms with E-state index < -0.39 is 0 Å². The van der Waals surface area contributed by atoms with E-state index in [1.807, 2.05) is 54.6 Å². The molecule has 0 saturated carbocycles. The number of fused-ring (bicyclic) bond motifs is 1. The predicted molar refractivity (Wildman–Crippen MR) is 136 cm³/mol. The minimum Gasteiger partial charge on any atom is -0.495 e. The molecule has 0 bridgehead atoms. The lowest BCUT2D eigenvalue weighted by Gasteiger charge is -2.13. The summed E-state index contributed by atoms with van der Waals surface area (Å²) >= 11 is 6.23. The van der Waals surface area contributed by atoms with Gasteiger partial charge < -0.3 is 15.2 Å². The number of ether oxygens (including phenoxy) is 1. The molecule has 33 heavy (non-hydrogen) atoms. The fourth-order valence-electron chi connectivity index (χ4n) is 3.33. The van der Waals surface area contributed by atoms with Gasteiger partial charge in [0.2, 0.25) is 0 Å². The molecule has 0 atom stereocenters. The third-order valence-electron chi connectivity index (χ3n) is 4.98. The van der Waals surface area contributed by atoms with E-state index >= 15 is 0 Å². The molecule has 170 valence electrons. The SMILES string of the molecule is C.Cl.[C-]#[N+]c1ccc2c(-c3ccc(CO)cc3)nnc(NCc3ccc(OC)c(Cl)c3)c2c1. The summed E-state index contributed by atoms with van der Waals surface area (Å²) < 4.78 is 5.20. The smallest absolute Gasteiger partial charge is 0.188 e. The van der Waals surface area contributed by atoms with Gasteiger partial charge >= 0.3 is 0 Å². The number of hydrogen-bond donors (Lipinski definition) is 2. The average Bonchev–Trinajstić information content (AvgIpc) is 2.82. The Labute approximate surface area is 204 Å². The first-order chi connectivity index (χ1) is 15.1. The van der Waals surface area contributed by atoms with Crippen LogP contribution in [0.15, 0.2) is 60.7 Å². The van der Waals surface area contributed by atoms with Crippen LogP contribution in [-0.4, -0.2) is 22.4 Å². The topological polar surface area (TPSA) is 71.6 Å². The summed E-state index contributed by atoms with van der Waals surface area (Å²) in [6.07, 6.45) is 0. The van der Waals surface area contributed by atoms with Crippen molar-refractivity contribution in [3.8, 4) is 17.0 Å². The zero-order valence-corrected chi connectivity index (χ0v) is 18.7. The summed E-state index contributed by atoms with van der Waals surface area (Å²) in [6.45, 7) is 7.84. The highest BCUT2D eigenvalue weighted by molar-refractivity contribution is 6.32. The number of nitrogens with zero attached hydrogens (tertiary/aromatic N) is 3. The lowest BCUT2D eigenvalue weighted by atomic mass is 10.0. The van der Waals surface area contributed by atoms with Crippen molar-refractivity contribution < 1.29 is 9.84 Å². The largest absolute Gasteiger partial charge is 0.495 e. The Morgan fingerprint density at radius 2 is 1.73 bits per heavy atom. The normalized spacial score (nSPS) is 10.0. The number of methoxy groups -OCH3 is 1. The van der Waals surface area contributed by atoms with Gasteiger partial charge in [-0.2, -0.15) is 0 Å². The van der Waals surface area contributed by atoms with Crippen molar-refractivity contribution in [1.82, 2.24) is 10.2 Å². The molecule has 0 aliphatic heterocycles. The predicted octanol–water partition coefficient (Wildman–Crippen LogP) is 6.67. The van der Waals surface area contributed by atoms with Gasteiger partial charge in [0.25, 0.3) is 0 Å². The third kappa shape index (κ3) is 5.52. The number of aliphatic hydroxyl groups is 1. The lowest BCUT2D eigenvalue weighted by molar-refractivity contribution is 0.282. The lowest BCUT2D eigenvalue weighted by Crippen LogP contribution is -2.04. The highest BCUT2D eigenvalue weighted by atomic mass is 35.5. The number of aliphatic hydroxyl groups excluding tert-OH is 1. The van der Waals surface area contributed by atoms with Crippen LogP contribution in [-0.2, 0) is 13.2 Å². The molecule has 6 nitrogen and oxygen atoms in total. The van der Waals surface area contributed by atoms with Gasteiger partial charge in [-0.3, -0.25) is 0 Å². The van der Waals surface area contributed by atoms with Crippen molar-refractivity contribution in [2.24, 2.45) is 0 Å². The van der Waals surface area contributed by atoms with Crippen LogP contribution in [0.25, 0.3) is 26.9 Å². The Hall–Kier alpha value is -3.37. The average molecular weight is 483 g/mol. The van der Waals surface area contributed by atoms with Gasteiger partial charge in [0, 0.05) is 22.9 Å². The Morgan fingerprint density at radius 1 is 1.00 bits per heavy atom. The van der Waals surface area contributed by atoms with E-state index in [4.69, 9.17) is 22.9 Å². The molecule has 0 amide bonds. The van der Waals surface area contributed by atoms with Crippen LogP contribution < -0.4 is 10.1 Å². The van der Waals surface area contributed by atoms with Crippen LogP contribution in [0, 0.1) is 6.57 Å². The first-order valence-corrected chi connectivity index (χ1v) is 9.95. The second-order valence-electron chi connectivity index (χ2n) is 6.92. The molecule has 8 heteroatoms. The van der Waals surface area contributed by atoms with Gasteiger partial charge in [-0.15, -0.1) is 22.6 Å². The summed E-state index contributed by atoms with van der Waals surface area (Å²) in [5.41, 5.74) is 3.92. The first-order valence-electron chi connectivity index (χ1n) is 9.57. The number of benzene rings is 3. The molecule has 0 saturated heterocycles. The highest BCUT2D eigenvalue weighted by Gasteiger charge is 2.12. The van der Waals surface area contributed by atoms with E-state index in [1.165, 1.54) is 0 Å². The zero-order valence-electron chi connectivity index (χ0n) is 17.2. The van der Waals surface area contributed by atoms with Crippen LogP contribution in [0.1, 0.15) is 18.6 Å². The molecule has 2 N–H and O–H groups in total. The minimum absolute atomic E-state index is 0. The number of rotatable bonds is 6. The maximum atomic E-state index is 9.28. The minimum atomic E-state index is -0.0146. The fraction of sp³-hybridized carbons (Fsp3) is 0.160. The van der Waals surface area contributed by atoms with Gasteiger partial charge in [-0.1, -0.05) is 61.5 Å². The van der Waals surface area contributed by atoms with Crippen molar-refractivity contribution >= 4 is 46.3 Å². The van der Waals surface area contributed by atoms with Crippen molar-refractivity contribution in [2.45, 2.75) is 20.6 Å². The molecule has 0 spiro atoms. The van der Waals surface area contributed by atoms with Crippen LogP contribution >= 0.6 is 24.0 Å². The summed E-state index contributed by atoms with van der Waals surface area (Å²) in [6, 6.07) is 18.6. The van der Waals surface area contributed by atoms with Crippen molar-refractivity contribution in [3.05, 3.63) is 88.2 Å². The van der Waals surface area contributed by atoms with Crippen LogP contribution in [0.5, 0.6) is 5.75 Å². The number of aromatic nitrogens is 2. The van der Waals surface area contributed by atoms with E-state index in [-0.39, 0.29) is 26.4 Å². The maximum Gasteiger partial charge on any atom is 0.188 e. The summed E-state index contributed by atoms with van der Waals surface area (Å²) in [7, 11) is 1.58. The molecule has 4 aromatic rings. The molecule has 0 aliphatic rings. The van der Waals surface area contributed by atoms with E-state index in [0.717, 1.165) is 27.5 Å². The number of anilines is 1. The van der Waals surface area contributed by atoms with E-state index in [9.17, 15) is 5.11 Å². The summed E-state index contributed by atoms with van der Waals surface area (Å²) in [5.74, 6) is 1.21. The molecule has 3 aromatic carbocycles. The number of nitrogens with one attached hydrogen (secondary N) is 1. The monoisotopic (exact) mass is 482 g/mol. The summed E-state index contributed by atoms with van der Waals surface area (Å²) in [4.78, 5) is 3.55. The van der Waals surface area contributed by atoms with Crippen molar-refractivity contribution in [2.75, 3.05) is 12.4 Å². The quantitative estimate of drug-likeness (QED) is 0.300. The fourth-order valence-corrected chi connectivity index (χ4v) is 3.61. The standard InChI is InChI=1S/C24H19ClN4O2.CH4.ClH/c1-26-18-8-9-19-20(12-18)24(27-13-16-5-10-22(31-2)21(25)11-16)29-28-23(19)17-6-3-15(14-30)4-7-17;;/h3-12,30H,13-14H2,2H3,(H,27,29);1H4;1H. The molecule has 4 rings (SSSR count). The second kappa shape index (κ2) is 11.5. The van der Waals surface area contributed by atoms with Crippen molar-refractivity contribution in [1.29, 1.82) is 0 Å². The van der Waals surface area contributed by atoms with E-state index in [0.29, 0.717) is 34.5 Å². The Kier molecular flexibility index (Phi) is 9.01. The molecule has 1 aromatic heterocycles. The first kappa shape index (κ1) is 25.9. The van der Waals surface area contributed by atoms with E-state index in [1.54, 1.807) is 13.2 Å². The molecule has 1 heterocycles. The van der Waals surface area contributed by atoms with Gasteiger partial charge in [-0.05, 0) is 29.3 Å². The van der Waals surface area contributed by atoms with Gasteiger partial charge in [-0.25, -0.2) is 4.85 Å².